The third kappa shape index (κ3) is 2.77. The van der Waals surface area contributed by atoms with Crippen LogP contribution in [0.1, 0.15) is 23.2 Å². The van der Waals surface area contributed by atoms with Crippen molar-refractivity contribution in [1.29, 1.82) is 0 Å². The van der Waals surface area contributed by atoms with Crippen molar-refractivity contribution in [1.82, 2.24) is 0 Å². The van der Waals surface area contributed by atoms with E-state index in [-0.39, 0.29) is 6.10 Å². The highest BCUT2D eigenvalue weighted by molar-refractivity contribution is 5.88. The second-order valence-corrected chi connectivity index (χ2v) is 4.30. The molecule has 1 heterocycles. The molecule has 1 aliphatic rings. The number of carboxylic acid groups (broad SMARTS) is 1. The fourth-order valence-electron chi connectivity index (χ4n) is 2.18. The molecule has 1 atom stereocenters. The van der Waals surface area contributed by atoms with E-state index in [4.69, 9.17) is 9.84 Å². The Morgan fingerprint density at radius 2 is 2.12 bits per heavy atom. The van der Waals surface area contributed by atoms with Crippen LogP contribution in [0.25, 0.3) is 0 Å². The number of rotatable bonds is 3. The van der Waals surface area contributed by atoms with Gasteiger partial charge in [0.05, 0.1) is 11.7 Å². The molecule has 1 fully saturated rings. The van der Waals surface area contributed by atoms with E-state index >= 15 is 0 Å². The molecule has 1 aliphatic heterocycles. The van der Waals surface area contributed by atoms with Crippen molar-refractivity contribution in [3.8, 4) is 0 Å². The highest BCUT2D eigenvalue weighted by atomic mass is 16.5. The minimum absolute atomic E-state index is 0.280. The smallest absolute Gasteiger partial charge is 0.335 e. The fourth-order valence-corrected chi connectivity index (χ4v) is 2.18. The number of benzene rings is 1. The number of aromatic carboxylic acids is 1. The molecule has 0 amide bonds. The Morgan fingerprint density at radius 3 is 2.71 bits per heavy atom. The summed E-state index contributed by atoms with van der Waals surface area (Å²) in [7, 11) is 1.74. The quantitative estimate of drug-likeness (QED) is 0.870. The first-order chi connectivity index (χ1) is 8.20. The van der Waals surface area contributed by atoms with Crippen molar-refractivity contribution in [2.45, 2.75) is 18.9 Å². The Morgan fingerprint density at radius 1 is 1.41 bits per heavy atom. The third-order valence-electron chi connectivity index (χ3n) is 3.19. The van der Waals surface area contributed by atoms with Crippen LogP contribution >= 0.6 is 0 Å². The molecule has 0 saturated carbocycles. The Bertz CT molecular complexity index is 388. The molecular formula is C13H17NO3. The van der Waals surface area contributed by atoms with Crippen molar-refractivity contribution < 1.29 is 14.6 Å². The number of hydrogen-bond acceptors (Lipinski definition) is 3. The van der Waals surface area contributed by atoms with E-state index in [2.05, 4.69) is 4.90 Å². The average molecular weight is 235 g/mol. The number of piperidine rings is 1. The van der Waals surface area contributed by atoms with Crippen LogP contribution in [0.4, 0.5) is 5.69 Å². The monoisotopic (exact) mass is 235 g/mol. The van der Waals surface area contributed by atoms with E-state index in [1.54, 1.807) is 19.2 Å². The van der Waals surface area contributed by atoms with Crippen molar-refractivity contribution in [2.75, 3.05) is 25.1 Å². The summed E-state index contributed by atoms with van der Waals surface area (Å²) in [6.07, 6.45) is 2.49. The first-order valence-corrected chi connectivity index (χ1v) is 5.82. The highest BCUT2D eigenvalue weighted by Crippen LogP contribution is 2.21. The maximum atomic E-state index is 10.8. The summed E-state index contributed by atoms with van der Waals surface area (Å²) in [4.78, 5) is 13.0. The van der Waals surface area contributed by atoms with E-state index in [0.717, 1.165) is 31.6 Å². The van der Waals surface area contributed by atoms with Crippen LogP contribution in [-0.4, -0.2) is 37.4 Å². The molecule has 1 N–H and O–H groups in total. The van der Waals surface area contributed by atoms with Crippen LogP contribution < -0.4 is 4.90 Å². The lowest BCUT2D eigenvalue weighted by Crippen LogP contribution is -2.39. The predicted octanol–water partition coefficient (Wildman–Crippen LogP) is 2.00. The van der Waals surface area contributed by atoms with Crippen molar-refractivity contribution in [2.24, 2.45) is 0 Å². The van der Waals surface area contributed by atoms with E-state index < -0.39 is 5.97 Å². The van der Waals surface area contributed by atoms with Gasteiger partial charge in [-0.15, -0.1) is 0 Å². The van der Waals surface area contributed by atoms with Crippen LogP contribution in [-0.2, 0) is 4.74 Å². The van der Waals surface area contributed by atoms with Crippen molar-refractivity contribution in [3.05, 3.63) is 29.8 Å². The first kappa shape index (κ1) is 11.9. The summed E-state index contributed by atoms with van der Waals surface area (Å²) in [5.74, 6) is -0.884. The summed E-state index contributed by atoms with van der Waals surface area (Å²) in [6.45, 7) is 1.88. The minimum Gasteiger partial charge on any atom is -0.478 e. The summed E-state index contributed by atoms with van der Waals surface area (Å²) in [6, 6.07) is 7.02. The van der Waals surface area contributed by atoms with Gasteiger partial charge in [0.25, 0.3) is 0 Å². The van der Waals surface area contributed by atoms with Gasteiger partial charge in [-0.3, -0.25) is 0 Å². The number of methoxy groups -OCH3 is 1. The SMILES string of the molecule is COC1CCCN(c2ccc(C(=O)O)cc2)C1. The summed E-state index contributed by atoms with van der Waals surface area (Å²) in [5.41, 5.74) is 1.39. The molecule has 92 valence electrons. The molecular weight excluding hydrogens is 218 g/mol. The Balaban J connectivity index is 2.08. The normalized spacial score (nSPS) is 20.3. The zero-order chi connectivity index (χ0) is 12.3. The standard InChI is InChI=1S/C13H17NO3/c1-17-12-3-2-8-14(9-12)11-6-4-10(5-7-11)13(15)16/h4-7,12H,2-3,8-9H2,1H3,(H,15,16). The van der Waals surface area contributed by atoms with Gasteiger partial charge in [0.2, 0.25) is 0 Å². The molecule has 2 rings (SSSR count). The summed E-state index contributed by atoms with van der Waals surface area (Å²) < 4.78 is 5.37. The van der Waals surface area contributed by atoms with Gasteiger partial charge in [0.15, 0.2) is 0 Å². The van der Waals surface area contributed by atoms with Gasteiger partial charge in [-0.2, -0.15) is 0 Å². The van der Waals surface area contributed by atoms with Crippen LogP contribution in [0.2, 0.25) is 0 Å². The lowest BCUT2D eigenvalue weighted by atomic mass is 10.1. The predicted molar refractivity (Wildman–Crippen MR) is 65.6 cm³/mol. The Kier molecular flexibility index (Phi) is 3.64. The van der Waals surface area contributed by atoms with Crippen LogP contribution in [0.15, 0.2) is 24.3 Å². The van der Waals surface area contributed by atoms with Gasteiger partial charge in [0.1, 0.15) is 0 Å². The molecule has 0 aromatic heterocycles. The molecule has 0 spiro atoms. The van der Waals surface area contributed by atoms with Gasteiger partial charge in [-0.1, -0.05) is 0 Å². The molecule has 17 heavy (non-hydrogen) atoms. The Labute approximate surface area is 101 Å². The van der Waals surface area contributed by atoms with Crippen LogP contribution in [0, 0.1) is 0 Å². The number of carboxylic acids is 1. The maximum absolute atomic E-state index is 10.8. The van der Waals surface area contributed by atoms with Gasteiger partial charge in [0, 0.05) is 25.9 Å². The number of ether oxygens (including phenoxy) is 1. The third-order valence-corrected chi connectivity index (χ3v) is 3.19. The van der Waals surface area contributed by atoms with Crippen molar-refractivity contribution in [3.63, 3.8) is 0 Å². The number of nitrogens with zero attached hydrogens (tertiary/aromatic N) is 1. The second kappa shape index (κ2) is 5.19. The van der Waals surface area contributed by atoms with Gasteiger partial charge in [-0.25, -0.2) is 4.79 Å². The van der Waals surface area contributed by atoms with E-state index in [1.165, 1.54) is 0 Å². The van der Waals surface area contributed by atoms with Gasteiger partial charge in [-0.05, 0) is 37.1 Å². The number of hydrogen-bond donors (Lipinski definition) is 1. The molecule has 0 bridgehead atoms. The van der Waals surface area contributed by atoms with E-state index in [1.807, 2.05) is 12.1 Å². The molecule has 0 radical (unpaired) electrons. The summed E-state index contributed by atoms with van der Waals surface area (Å²) >= 11 is 0. The van der Waals surface area contributed by atoms with E-state index in [0.29, 0.717) is 5.56 Å². The molecule has 1 unspecified atom stereocenters. The zero-order valence-corrected chi connectivity index (χ0v) is 9.93. The first-order valence-electron chi connectivity index (χ1n) is 5.82. The van der Waals surface area contributed by atoms with Gasteiger partial charge >= 0.3 is 5.97 Å². The molecule has 4 heteroatoms. The highest BCUT2D eigenvalue weighted by Gasteiger charge is 2.19. The average Bonchev–Trinajstić information content (AvgIpc) is 2.39. The molecule has 4 nitrogen and oxygen atoms in total. The molecule has 0 aliphatic carbocycles. The fraction of sp³-hybridized carbons (Fsp3) is 0.462. The number of anilines is 1. The lowest BCUT2D eigenvalue weighted by molar-refractivity contribution is 0.0696. The largest absolute Gasteiger partial charge is 0.478 e. The van der Waals surface area contributed by atoms with E-state index in [9.17, 15) is 4.79 Å². The second-order valence-electron chi connectivity index (χ2n) is 4.30. The molecule has 1 saturated heterocycles. The maximum Gasteiger partial charge on any atom is 0.335 e. The summed E-state index contributed by atoms with van der Waals surface area (Å²) in [5, 5.41) is 8.83. The van der Waals surface area contributed by atoms with Crippen LogP contribution in [0.3, 0.4) is 0 Å². The lowest BCUT2D eigenvalue weighted by Gasteiger charge is -2.33. The van der Waals surface area contributed by atoms with Gasteiger partial charge < -0.3 is 14.7 Å². The molecule has 1 aromatic rings. The minimum atomic E-state index is -0.884. The topological polar surface area (TPSA) is 49.8 Å². The zero-order valence-electron chi connectivity index (χ0n) is 9.93. The Hall–Kier alpha value is -1.55. The molecule has 1 aromatic carbocycles. The number of carbonyl (C=O) groups is 1. The van der Waals surface area contributed by atoms with Crippen LogP contribution in [0.5, 0.6) is 0 Å². The van der Waals surface area contributed by atoms with Crippen molar-refractivity contribution >= 4 is 11.7 Å².